The van der Waals surface area contributed by atoms with E-state index in [1.165, 1.54) is 0 Å². The van der Waals surface area contributed by atoms with Gasteiger partial charge in [-0.1, -0.05) is 72.8 Å². The average Bonchev–Trinajstić information content (AvgIpc) is 3.59. The van der Waals surface area contributed by atoms with Crippen LogP contribution in [0.2, 0.25) is 0 Å². The van der Waals surface area contributed by atoms with Crippen molar-refractivity contribution in [1.29, 1.82) is 5.26 Å². The maximum Gasteiger partial charge on any atom is 0.143 e. The van der Waals surface area contributed by atoms with Crippen LogP contribution in [-0.4, -0.2) is 0 Å². The minimum absolute atomic E-state index is 0.634. The first kappa shape index (κ1) is 22.4. The fraction of sp³-hybridized carbons (Fsp3) is 0. The Balaban J connectivity index is 1.39. The fourth-order valence-corrected chi connectivity index (χ4v) is 5.76. The fourth-order valence-electron chi connectivity index (χ4n) is 5.76. The number of para-hydroxylation sites is 3. The molecule has 40 heavy (non-hydrogen) atoms. The molecule has 0 aliphatic rings. The Kier molecular flexibility index (Phi) is 4.89. The van der Waals surface area contributed by atoms with Gasteiger partial charge in [0.15, 0.2) is 0 Å². The zero-order valence-corrected chi connectivity index (χ0v) is 21.4. The number of hydrogen-bond acceptors (Lipinski definition) is 3. The number of rotatable bonds is 3. The number of fused-ring (bicyclic) bond motifs is 6. The molecule has 0 amide bonds. The van der Waals surface area contributed by atoms with Crippen LogP contribution in [0.5, 0.6) is 0 Å². The van der Waals surface area contributed by atoms with Gasteiger partial charge in [0.1, 0.15) is 22.3 Å². The predicted octanol–water partition coefficient (Wildman–Crippen LogP) is 10.4. The normalized spacial score (nSPS) is 11.5. The van der Waals surface area contributed by atoms with Gasteiger partial charge in [-0.25, -0.2) is 0 Å². The summed E-state index contributed by atoms with van der Waals surface area (Å²) in [6.07, 6.45) is 0. The van der Waals surface area contributed by atoms with E-state index in [1.54, 1.807) is 0 Å². The van der Waals surface area contributed by atoms with E-state index in [-0.39, 0.29) is 0 Å². The molecule has 8 rings (SSSR count). The third kappa shape index (κ3) is 3.51. The Morgan fingerprint density at radius 1 is 0.425 bits per heavy atom. The molecule has 6 aromatic carbocycles. The van der Waals surface area contributed by atoms with Crippen LogP contribution in [0.3, 0.4) is 0 Å². The third-order valence-corrected chi connectivity index (χ3v) is 7.68. The minimum atomic E-state index is 0.634. The molecule has 0 aliphatic carbocycles. The van der Waals surface area contributed by atoms with Crippen molar-refractivity contribution < 1.29 is 8.83 Å². The standard InChI is InChI=1S/C37H21NO2/c38-22-23-7-5-8-24(17-23)26-18-27(25-15-16-36-33(21-25)31-10-2-3-13-34(31)39-36)20-28(19-26)29-11-6-12-32-30-9-1-4-14-35(30)40-37(29)32/h1-21H. The average molecular weight is 512 g/mol. The highest BCUT2D eigenvalue weighted by molar-refractivity contribution is 6.10. The minimum Gasteiger partial charge on any atom is -0.456 e. The lowest BCUT2D eigenvalue weighted by Gasteiger charge is -2.12. The largest absolute Gasteiger partial charge is 0.456 e. The molecule has 3 nitrogen and oxygen atoms in total. The molecule has 0 radical (unpaired) electrons. The number of benzene rings is 6. The van der Waals surface area contributed by atoms with Crippen LogP contribution in [0, 0.1) is 11.3 Å². The molecular weight excluding hydrogens is 490 g/mol. The van der Waals surface area contributed by atoms with Crippen LogP contribution in [0.1, 0.15) is 5.56 Å². The molecule has 0 saturated carbocycles. The smallest absolute Gasteiger partial charge is 0.143 e. The summed E-state index contributed by atoms with van der Waals surface area (Å²) in [7, 11) is 0. The number of nitriles is 1. The zero-order chi connectivity index (χ0) is 26.6. The van der Waals surface area contributed by atoms with E-state index in [0.29, 0.717) is 5.56 Å². The molecule has 0 atom stereocenters. The van der Waals surface area contributed by atoms with Crippen LogP contribution in [0.25, 0.3) is 77.3 Å². The topological polar surface area (TPSA) is 50.1 Å². The van der Waals surface area contributed by atoms with E-state index in [2.05, 4.69) is 72.8 Å². The second kappa shape index (κ2) is 8.73. The van der Waals surface area contributed by atoms with Crippen LogP contribution in [0.15, 0.2) is 136 Å². The number of furan rings is 2. The summed E-state index contributed by atoms with van der Waals surface area (Å²) in [5, 5.41) is 13.9. The molecule has 2 heterocycles. The molecule has 0 unspecified atom stereocenters. The van der Waals surface area contributed by atoms with E-state index in [0.717, 1.165) is 77.3 Å². The molecule has 3 heteroatoms. The first-order valence-corrected chi connectivity index (χ1v) is 13.2. The van der Waals surface area contributed by atoms with Gasteiger partial charge < -0.3 is 8.83 Å². The van der Waals surface area contributed by atoms with Crippen molar-refractivity contribution in [2.24, 2.45) is 0 Å². The van der Waals surface area contributed by atoms with Gasteiger partial charge in [0.25, 0.3) is 0 Å². The Morgan fingerprint density at radius 2 is 1.05 bits per heavy atom. The Hall–Kier alpha value is -5.59. The van der Waals surface area contributed by atoms with Crippen molar-refractivity contribution in [3.63, 3.8) is 0 Å². The van der Waals surface area contributed by atoms with Gasteiger partial charge in [-0.2, -0.15) is 5.26 Å². The van der Waals surface area contributed by atoms with Crippen molar-refractivity contribution in [1.82, 2.24) is 0 Å². The predicted molar refractivity (Wildman–Crippen MR) is 162 cm³/mol. The monoisotopic (exact) mass is 511 g/mol. The SMILES string of the molecule is N#Cc1cccc(-c2cc(-c3ccc4oc5ccccc5c4c3)cc(-c3cccc4c3oc3ccccc34)c2)c1. The zero-order valence-electron chi connectivity index (χ0n) is 21.4. The number of hydrogen-bond donors (Lipinski definition) is 0. The van der Waals surface area contributed by atoms with Crippen molar-refractivity contribution in [3.8, 4) is 39.4 Å². The van der Waals surface area contributed by atoms with E-state index in [9.17, 15) is 5.26 Å². The van der Waals surface area contributed by atoms with Crippen molar-refractivity contribution >= 4 is 43.9 Å². The lowest BCUT2D eigenvalue weighted by atomic mass is 9.92. The van der Waals surface area contributed by atoms with Gasteiger partial charge in [-0.3, -0.25) is 0 Å². The third-order valence-electron chi connectivity index (χ3n) is 7.68. The highest BCUT2D eigenvalue weighted by Gasteiger charge is 2.15. The molecule has 186 valence electrons. The quantitative estimate of drug-likeness (QED) is 0.237. The Bertz CT molecular complexity index is 2290. The summed E-state index contributed by atoms with van der Waals surface area (Å²) in [5.74, 6) is 0. The van der Waals surface area contributed by atoms with Crippen molar-refractivity contribution in [2.45, 2.75) is 0 Å². The van der Waals surface area contributed by atoms with Gasteiger partial charge in [-0.05, 0) is 82.4 Å². The van der Waals surface area contributed by atoms with Crippen molar-refractivity contribution in [2.75, 3.05) is 0 Å². The van der Waals surface area contributed by atoms with E-state index in [4.69, 9.17) is 8.83 Å². The van der Waals surface area contributed by atoms with Crippen LogP contribution < -0.4 is 0 Å². The first-order chi connectivity index (χ1) is 19.7. The van der Waals surface area contributed by atoms with Crippen molar-refractivity contribution in [3.05, 3.63) is 133 Å². The molecule has 2 aromatic heterocycles. The summed E-state index contributed by atoms with van der Waals surface area (Å²) in [6, 6.07) is 45.6. The Morgan fingerprint density at radius 3 is 1.85 bits per heavy atom. The Labute approximate surface area is 230 Å². The second-order valence-electron chi connectivity index (χ2n) is 10.1. The summed E-state index contributed by atoms with van der Waals surface area (Å²) < 4.78 is 12.5. The van der Waals surface area contributed by atoms with Gasteiger partial charge in [0, 0.05) is 27.1 Å². The van der Waals surface area contributed by atoms with Gasteiger partial charge >= 0.3 is 0 Å². The summed E-state index contributed by atoms with van der Waals surface area (Å²) >= 11 is 0. The first-order valence-electron chi connectivity index (χ1n) is 13.2. The molecule has 0 aliphatic heterocycles. The second-order valence-corrected chi connectivity index (χ2v) is 10.1. The summed E-state index contributed by atoms with van der Waals surface area (Å²) in [4.78, 5) is 0. The molecule has 0 fully saturated rings. The summed E-state index contributed by atoms with van der Waals surface area (Å²) in [5.41, 5.74) is 10.4. The van der Waals surface area contributed by atoms with E-state index >= 15 is 0 Å². The lowest BCUT2D eigenvalue weighted by molar-refractivity contribution is 0.669. The number of nitrogens with zero attached hydrogens (tertiary/aromatic N) is 1. The highest BCUT2D eigenvalue weighted by Crippen LogP contribution is 2.40. The lowest BCUT2D eigenvalue weighted by Crippen LogP contribution is -1.87. The molecule has 0 bridgehead atoms. The van der Waals surface area contributed by atoms with Gasteiger partial charge in [0.2, 0.25) is 0 Å². The van der Waals surface area contributed by atoms with Crippen LogP contribution in [0.4, 0.5) is 0 Å². The van der Waals surface area contributed by atoms with Crippen LogP contribution >= 0.6 is 0 Å². The molecule has 0 saturated heterocycles. The van der Waals surface area contributed by atoms with E-state index in [1.807, 2.05) is 60.7 Å². The maximum absolute atomic E-state index is 9.56. The molecule has 0 spiro atoms. The highest BCUT2D eigenvalue weighted by atomic mass is 16.3. The molecule has 8 aromatic rings. The van der Waals surface area contributed by atoms with Gasteiger partial charge in [-0.15, -0.1) is 0 Å². The molecule has 0 N–H and O–H groups in total. The maximum atomic E-state index is 9.56. The van der Waals surface area contributed by atoms with E-state index < -0.39 is 0 Å². The van der Waals surface area contributed by atoms with Gasteiger partial charge in [0.05, 0.1) is 11.6 Å². The summed E-state index contributed by atoms with van der Waals surface area (Å²) in [6.45, 7) is 0. The molecular formula is C37H21NO2. The van der Waals surface area contributed by atoms with Crippen LogP contribution in [-0.2, 0) is 0 Å².